The van der Waals surface area contributed by atoms with Gasteiger partial charge in [-0.2, -0.15) is 5.10 Å². The zero-order chi connectivity index (χ0) is 12.8. The minimum absolute atomic E-state index is 0.541. The molecule has 0 unspecified atom stereocenters. The molecule has 0 bridgehead atoms. The Morgan fingerprint density at radius 1 is 1.35 bits per heavy atom. The van der Waals surface area contributed by atoms with Crippen LogP contribution in [0.15, 0.2) is 0 Å². The van der Waals surface area contributed by atoms with Gasteiger partial charge in [-0.25, -0.2) is 0 Å². The zero-order valence-corrected chi connectivity index (χ0v) is 11.7. The SMILES string of the molecule is COCCn1nc(C)c(CCNC(C)C)c1C. The Hall–Kier alpha value is -0.870. The molecule has 98 valence electrons. The molecule has 0 saturated carbocycles. The van der Waals surface area contributed by atoms with Gasteiger partial charge < -0.3 is 10.1 Å². The first-order chi connectivity index (χ1) is 8.06. The summed E-state index contributed by atoms with van der Waals surface area (Å²) in [5.41, 5.74) is 3.78. The number of hydrogen-bond donors (Lipinski definition) is 1. The molecule has 0 fully saturated rings. The third-order valence-electron chi connectivity index (χ3n) is 2.97. The molecule has 0 aliphatic heterocycles. The third kappa shape index (κ3) is 4.13. The van der Waals surface area contributed by atoms with Crippen molar-refractivity contribution in [2.75, 3.05) is 20.3 Å². The standard InChI is InChI=1S/C13H25N3O/c1-10(2)14-7-6-13-11(3)15-16(12(13)4)8-9-17-5/h10,14H,6-9H2,1-5H3. The molecule has 17 heavy (non-hydrogen) atoms. The highest BCUT2D eigenvalue weighted by molar-refractivity contribution is 5.24. The van der Waals surface area contributed by atoms with E-state index in [-0.39, 0.29) is 0 Å². The van der Waals surface area contributed by atoms with E-state index >= 15 is 0 Å². The lowest BCUT2D eigenvalue weighted by Gasteiger charge is -2.08. The Kier molecular flexibility index (Phi) is 5.65. The fourth-order valence-electron chi connectivity index (χ4n) is 1.98. The second kappa shape index (κ2) is 6.77. The van der Waals surface area contributed by atoms with Crippen LogP contribution in [0.4, 0.5) is 0 Å². The van der Waals surface area contributed by atoms with Gasteiger partial charge in [-0.3, -0.25) is 4.68 Å². The minimum atomic E-state index is 0.541. The van der Waals surface area contributed by atoms with E-state index in [1.807, 2.05) is 4.68 Å². The van der Waals surface area contributed by atoms with Gasteiger partial charge in [-0.15, -0.1) is 0 Å². The molecule has 0 aromatic carbocycles. The van der Waals surface area contributed by atoms with Gasteiger partial charge in [-0.1, -0.05) is 13.8 Å². The van der Waals surface area contributed by atoms with Crippen molar-refractivity contribution in [3.05, 3.63) is 17.0 Å². The summed E-state index contributed by atoms with van der Waals surface area (Å²) < 4.78 is 7.13. The maximum atomic E-state index is 5.09. The molecule has 0 amide bonds. The molecule has 1 N–H and O–H groups in total. The summed E-state index contributed by atoms with van der Waals surface area (Å²) in [6.45, 7) is 11.1. The van der Waals surface area contributed by atoms with Crippen molar-refractivity contribution in [3.8, 4) is 0 Å². The molecular weight excluding hydrogens is 214 g/mol. The summed E-state index contributed by atoms with van der Waals surface area (Å²) in [6.07, 6.45) is 1.04. The topological polar surface area (TPSA) is 39.1 Å². The monoisotopic (exact) mass is 239 g/mol. The molecule has 0 atom stereocenters. The maximum absolute atomic E-state index is 5.09. The Labute approximate surface area is 104 Å². The van der Waals surface area contributed by atoms with Gasteiger partial charge in [0.15, 0.2) is 0 Å². The van der Waals surface area contributed by atoms with E-state index in [1.165, 1.54) is 11.3 Å². The van der Waals surface area contributed by atoms with Crippen LogP contribution in [0.5, 0.6) is 0 Å². The second-order valence-corrected chi connectivity index (χ2v) is 4.72. The second-order valence-electron chi connectivity index (χ2n) is 4.72. The lowest BCUT2D eigenvalue weighted by Crippen LogP contribution is -2.25. The molecule has 0 aliphatic rings. The lowest BCUT2D eigenvalue weighted by molar-refractivity contribution is 0.182. The smallest absolute Gasteiger partial charge is 0.0658 e. The zero-order valence-electron chi connectivity index (χ0n) is 11.7. The van der Waals surface area contributed by atoms with Crippen LogP contribution in [0.3, 0.4) is 0 Å². The minimum Gasteiger partial charge on any atom is -0.383 e. The van der Waals surface area contributed by atoms with E-state index in [0.29, 0.717) is 12.6 Å². The Bertz CT molecular complexity index is 345. The summed E-state index contributed by atoms with van der Waals surface area (Å²) in [4.78, 5) is 0. The highest BCUT2D eigenvalue weighted by atomic mass is 16.5. The van der Waals surface area contributed by atoms with Crippen LogP contribution in [-0.4, -0.2) is 36.1 Å². The van der Waals surface area contributed by atoms with Crippen molar-refractivity contribution in [1.82, 2.24) is 15.1 Å². The molecule has 4 nitrogen and oxygen atoms in total. The van der Waals surface area contributed by atoms with Crippen LogP contribution in [0.1, 0.15) is 30.8 Å². The van der Waals surface area contributed by atoms with Crippen LogP contribution in [0.25, 0.3) is 0 Å². The quantitative estimate of drug-likeness (QED) is 0.787. The van der Waals surface area contributed by atoms with Crippen LogP contribution in [0, 0.1) is 13.8 Å². The molecule has 4 heteroatoms. The molecule has 0 saturated heterocycles. The Morgan fingerprint density at radius 2 is 2.06 bits per heavy atom. The highest BCUT2D eigenvalue weighted by Crippen LogP contribution is 2.13. The fourth-order valence-corrected chi connectivity index (χ4v) is 1.98. The summed E-state index contributed by atoms with van der Waals surface area (Å²) in [6, 6.07) is 0.541. The van der Waals surface area contributed by atoms with Gasteiger partial charge in [0.1, 0.15) is 0 Å². The van der Waals surface area contributed by atoms with Crippen molar-refractivity contribution in [2.24, 2.45) is 0 Å². The molecular formula is C13H25N3O. The van der Waals surface area contributed by atoms with Crippen molar-refractivity contribution in [2.45, 2.75) is 46.7 Å². The number of ether oxygens (including phenoxy) is 1. The predicted molar refractivity (Wildman–Crippen MR) is 70.4 cm³/mol. The Balaban J connectivity index is 2.62. The van der Waals surface area contributed by atoms with Crippen LogP contribution < -0.4 is 5.32 Å². The van der Waals surface area contributed by atoms with E-state index in [4.69, 9.17) is 4.74 Å². The van der Waals surface area contributed by atoms with Crippen molar-refractivity contribution in [1.29, 1.82) is 0 Å². The molecule has 0 spiro atoms. The first-order valence-corrected chi connectivity index (χ1v) is 6.31. The highest BCUT2D eigenvalue weighted by Gasteiger charge is 2.10. The van der Waals surface area contributed by atoms with Gasteiger partial charge in [0.25, 0.3) is 0 Å². The summed E-state index contributed by atoms with van der Waals surface area (Å²) >= 11 is 0. The third-order valence-corrected chi connectivity index (χ3v) is 2.97. The number of methoxy groups -OCH3 is 1. The van der Waals surface area contributed by atoms with E-state index in [9.17, 15) is 0 Å². The van der Waals surface area contributed by atoms with E-state index < -0.39 is 0 Å². The van der Waals surface area contributed by atoms with Gasteiger partial charge in [0.2, 0.25) is 0 Å². The predicted octanol–water partition coefficient (Wildman–Crippen LogP) is 1.69. The van der Waals surface area contributed by atoms with Gasteiger partial charge in [0.05, 0.1) is 18.8 Å². The first-order valence-electron chi connectivity index (χ1n) is 6.31. The number of nitrogens with zero attached hydrogens (tertiary/aromatic N) is 2. The average Bonchev–Trinajstić information content (AvgIpc) is 2.53. The molecule has 1 aromatic rings. The number of rotatable bonds is 7. The van der Waals surface area contributed by atoms with E-state index in [1.54, 1.807) is 7.11 Å². The van der Waals surface area contributed by atoms with Crippen molar-refractivity contribution >= 4 is 0 Å². The Morgan fingerprint density at radius 3 is 2.65 bits per heavy atom. The summed E-state index contributed by atoms with van der Waals surface area (Å²) in [7, 11) is 1.72. The van der Waals surface area contributed by atoms with Crippen LogP contribution in [-0.2, 0) is 17.7 Å². The number of hydrogen-bond acceptors (Lipinski definition) is 3. The van der Waals surface area contributed by atoms with E-state index in [2.05, 4.69) is 38.1 Å². The van der Waals surface area contributed by atoms with Gasteiger partial charge in [0, 0.05) is 18.8 Å². The lowest BCUT2D eigenvalue weighted by atomic mass is 10.1. The molecule has 0 radical (unpaired) electrons. The normalized spacial score (nSPS) is 11.4. The van der Waals surface area contributed by atoms with E-state index in [0.717, 1.165) is 25.2 Å². The van der Waals surface area contributed by atoms with Crippen molar-refractivity contribution < 1.29 is 4.74 Å². The van der Waals surface area contributed by atoms with Crippen LogP contribution in [0.2, 0.25) is 0 Å². The van der Waals surface area contributed by atoms with Crippen LogP contribution >= 0.6 is 0 Å². The number of aromatic nitrogens is 2. The van der Waals surface area contributed by atoms with Crippen molar-refractivity contribution in [3.63, 3.8) is 0 Å². The molecule has 1 aromatic heterocycles. The fraction of sp³-hybridized carbons (Fsp3) is 0.769. The first kappa shape index (κ1) is 14.2. The molecule has 1 rings (SSSR count). The summed E-state index contributed by atoms with van der Waals surface area (Å²) in [5, 5.41) is 7.99. The van der Waals surface area contributed by atoms with Gasteiger partial charge in [-0.05, 0) is 32.4 Å². The maximum Gasteiger partial charge on any atom is 0.0658 e. The molecule has 0 aliphatic carbocycles. The summed E-state index contributed by atoms with van der Waals surface area (Å²) in [5.74, 6) is 0. The number of nitrogens with one attached hydrogen (secondary N) is 1. The molecule has 1 heterocycles. The average molecular weight is 239 g/mol. The van der Waals surface area contributed by atoms with Gasteiger partial charge >= 0.3 is 0 Å². The largest absolute Gasteiger partial charge is 0.383 e. The number of aryl methyl sites for hydroxylation is 1.